The number of amides is 3. The maximum Gasteiger partial charge on any atom is 0.319 e. The highest BCUT2D eigenvalue weighted by atomic mass is 16.2. The Morgan fingerprint density at radius 3 is 2.37 bits per heavy atom. The molecule has 1 aromatic carbocycles. The summed E-state index contributed by atoms with van der Waals surface area (Å²) < 4.78 is 0. The van der Waals surface area contributed by atoms with Gasteiger partial charge in [0.25, 0.3) is 0 Å². The van der Waals surface area contributed by atoms with Crippen LogP contribution in [0.4, 0.5) is 16.2 Å². The number of rotatable bonds is 8. The lowest BCUT2D eigenvalue weighted by Crippen LogP contribution is -2.39. The summed E-state index contributed by atoms with van der Waals surface area (Å²) >= 11 is 0. The van der Waals surface area contributed by atoms with E-state index in [0.717, 1.165) is 36.2 Å². The highest BCUT2D eigenvalue weighted by molar-refractivity contribution is 5.90. The van der Waals surface area contributed by atoms with Crippen LogP contribution >= 0.6 is 0 Å². The molecule has 1 aliphatic rings. The maximum absolute atomic E-state index is 12.8. The third-order valence-electron chi connectivity index (χ3n) is 4.91. The summed E-state index contributed by atoms with van der Waals surface area (Å²) in [7, 11) is 3.99. The van der Waals surface area contributed by atoms with Gasteiger partial charge in [0.1, 0.15) is 0 Å². The van der Waals surface area contributed by atoms with Crippen LogP contribution in [0, 0.1) is 5.92 Å². The Kier molecular flexibility index (Phi) is 7.11. The van der Waals surface area contributed by atoms with Gasteiger partial charge in [0.15, 0.2) is 0 Å². The van der Waals surface area contributed by atoms with Gasteiger partial charge < -0.3 is 20.4 Å². The topological polar surface area (TPSA) is 64.7 Å². The second-order valence-electron chi connectivity index (χ2n) is 7.99. The van der Waals surface area contributed by atoms with Crippen LogP contribution in [0.3, 0.4) is 0 Å². The molecule has 150 valence electrons. The molecule has 1 fully saturated rings. The SMILES string of the molecule is CC[C@@H](C)N(Cc1cc(NC(=O)NC(C)C)ccc1N(C)C)C(=O)C1CC1. The quantitative estimate of drug-likeness (QED) is 0.727. The highest BCUT2D eigenvalue weighted by Crippen LogP contribution is 2.33. The first-order valence-corrected chi connectivity index (χ1v) is 9.91. The third-order valence-corrected chi connectivity index (χ3v) is 4.91. The molecule has 0 bridgehead atoms. The van der Waals surface area contributed by atoms with E-state index >= 15 is 0 Å². The van der Waals surface area contributed by atoms with Crippen molar-refractivity contribution in [3.8, 4) is 0 Å². The highest BCUT2D eigenvalue weighted by Gasteiger charge is 2.35. The predicted octanol–water partition coefficient (Wildman–Crippen LogP) is 3.82. The van der Waals surface area contributed by atoms with Gasteiger partial charge in [-0.05, 0) is 63.8 Å². The fourth-order valence-corrected chi connectivity index (χ4v) is 3.08. The first-order chi connectivity index (χ1) is 12.7. The number of anilines is 2. The van der Waals surface area contributed by atoms with E-state index in [1.807, 2.05) is 55.9 Å². The van der Waals surface area contributed by atoms with Crippen molar-refractivity contribution in [3.63, 3.8) is 0 Å². The second-order valence-corrected chi connectivity index (χ2v) is 7.99. The van der Waals surface area contributed by atoms with Crippen LogP contribution in [-0.4, -0.2) is 43.0 Å². The van der Waals surface area contributed by atoms with Crippen LogP contribution in [-0.2, 0) is 11.3 Å². The first-order valence-electron chi connectivity index (χ1n) is 9.91. The van der Waals surface area contributed by atoms with E-state index in [1.54, 1.807) is 0 Å². The summed E-state index contributed by atoms with van der Waals surface area (Å²) in [4.78, 5) is 28.9. The van der Waals surface area contributed by atoms with Gasteiger partial charge >= 0.3 is 6.03 Å². The summed E-state index contributed by atoms with van der Waals surface area (Å²) in [5, 5.41) is 5.72. The lowest BCUT2D eigenvalue weighted by atomic mass is 10.1. The van der Waals surface area contributed by atoms with E-state index in [0.29, 0.717) is 6.54 Å². The molecular formula is C21H34N4O2. The maximum atomic E-state index is 12.8. The number of nitrogens with zero attached hydrogens (tertiary/aromatic N) is 2. The largest absolute Gasteiger partial charge is 0.377 e. The van der Waals surface area contributed by atoms with E-state index in [1.165, 1.54) is 0 Å². The average molecular weight is 375 g/mol. The van der Waals surface area contributed by atoms with Crippen molar-refractivity contribution in [1.82, 2.24) is 10.2 Å². The fourth-order valence-electron chi connectivity index (χ4n) is 3.08. The average Bonchev–Trinajstić information content (AvgIpc) is 3.42. The molecule has 3 amide bonds. The molecule has 0 radical (unpaired) electrons. The second kappa shape index (κ2) is 9.11. The lowest BCUT2D eigenvalue weighted by molar-refractivity contribution is -0.135. The molecule has 2 rings (SSSR count). The van der Waals surface area contributed by atoms with Gasteiger partial charge in [-0.2, -0.15) is 0 Å². The molecule has 0 aliphatic heterocycles. The monoisotopic (exact) mass is 374 g/mol. The minimum Gasteiger partial charge on any atom is -0.377 e. The number of benzene rings is 1. The summed E-state index contributed by atoms with van der Waals surface area (Å²) in [5.41, 5.74) is 2.83. The van der Waals surface area contributed by atoms with Crippen molar-refractivity contribution < 1.29 is 9.59 Å². The van der Waals surface area contributed by atoms with E-state index in [9.17, 15) is 9.59 Å². The van der Waals surface area contributed by atoms with Crippen LogP contribution in [0.15, 0.2) is 18.2 Å². The third kappa shape index (κ3) is 5.88. The minimum atomic E-state index is -0.221. The minimum absolute atomic E-state index is 0.0718. The molecule has 2 N–H and O–H groups in total. The van der Waals surface area contributed by atoms with Crippen molar-refractivity contribution in [1.29, 1.82) is 0 Å². The van der Waals surface area contributed by atoms with Gasteiger partial charge in [0.2, 0.25) is 5.91 Å². The van der Waals surface area contributed by atoms with Crippen molar-refractivity contribution in [2.24, 2.45) is 5.92 Å². The van der Waals surface area contributed by atoms with E-state index in [4.69, 9.17) is 0 Å². The Bertz CT molecular complexity index is 668. The Labute approximate surface area is 163 Å². The van der Waals surface area contributed by atoms with Crippen molar-refractivity contribution in [2.45, 2.75) is 65.6 Å². The molecule has 0 heterocycles. The van der Waals surface area contributed by atoms with Crippen molar-refractivity contribution in [2.75, 3.05) is 24.3 Å². The normalized spacial score (nSPS) is 14.6. The van der Waals surface area contributed by atoms with Crippen molar-refractivity contribution >= 4 is 23.3 Å². The van der Waals surface area contributed by atoms with E-state index < -0.39 is 0 Å². The predicted molar refractivity (Wildman–Crippen MR) is 111 cm³/mol. The summed E-state index contributed by atoms with van der Waals surface area (Å²) in [6.45, 7) is 8.62. The number of hydrogen-bond donors (Lipinski definition) is 2. The van der Waals surface area contributed by atoms with Gasteiger partial charge in [-0.1, -0.05) is 6.92 Å². The zero-order valence-corrected chi connectivity index (χ0v) is 17.5. The standard InChI is InChI=1S/C21H34N4O2/c1-7-15(4)25(20(26)16-8-9-16)13-17-12-18(10-11-19(17)24(5)6)23-21(27)22-14(2)3/h10-12,14-16H,7-9,13H2,1-6H3,(H2,22,23,27)/t15-/m1/s1. The van der Waals surface area contributed by atoms with Crippen LogP contribution in [0.1, 0.15) is 52.5 Å². The number of hydrogen-bond acceptors (Lipinski definition) is 3. The fraction of sp³-hybridized carbons (Fsp3) is 0.619. The van der Waals surface area contributed by atoms with Crippen LogP contribution in [0.2, 0.25) is 0 Å². The molecule has 1 saturated carbocycles. The van der Waals surface area contributed by atoms with Crippen LogP contribution < -0.4 is 15.5 Å². The van der Waals surface area contributed by atoms with Gasteiger partial charge in [-0.25, -0.2) is 4.79 Å². The van der Waals surface area contributed by atoms with Gasteiger partial charge in [0.05, 0.1) is 0 Å². The first kappa shape index (κ1) is 21.1. The zero-order valence-electron chi connectivity index (χ0n) is 17.5. The lowest BCUT2D eigenvalue weighted by Gasteiger charge is -2.31. The molecule has 27 heavy (non-hydrogen) atoms. The van der Waals surface area contributed by atoms with E-state index in [2.05, 4.69) is 24.5 Å². The van der Waals surface area contributed by atoms with E-state index in [-0.39, 0.29) is 29.9 Å². The molecule has 1 aromatic rings. The Morgan fingerprint density at radius 2 is 1.85 bits per heavy atom. The number of carbonyl (C=O) groups excluding carboxylic acids is 2. The van der Waals surface area contributed by atoms with Crippen LogP contribution in [0.5, 0.6) is 0 Å². The Morgan fingerprint density at radius 1 is 1.19 bits per heavy atom. The van der Waals surface area contributed by atoms with Gasteiger partial charge in [0, 0.05) is 50.0 Å². The van der Waals surface area contributed by atoms with Crippen molar-refractivity contribution in [3.05, 3.63) is 23.8 Å². The molecule has 0 saturated heterocycles. The van der Waals surface area contributed by atoms with Crippen LogP contribution in [0.25, 0.3) is 0 Å². The number of carbonyl (C=O) groups is 2. The van der Waals surface area contributed by atoms with Gasteiger partial charge in [-0.15, -0.1) is 0 Å². The molecule has 1 atom stereocenters. The Hall–Kier alpha value is -2.24. The number of nitrogens with one attached hydrogen (secondary N) is 2. The number of urea groups is 1. The Balaban J connectivity index is 2.26. The molecule has 6 nitrogen and oxygen atoms in total. The van der Waals surface area contributed by atoms with Gasteiger partial charge in [-0.3, -0.25) is 4.79 Å². The zero-order chi connectivity index (χ0) is 20.1. The molecule has 0 unspecified atom stereocenters. The molecule has 1 aliphatic carbocycles. The molecule has 6 heteroatoms. The molecular weight excluding hydrogens is 340 g/mol. The summed E-state index contributed by atoms with van der Waals surface area (Å²) in [5.74, 6) is 0.449. The molecule has 0 aromatic heterocycles. The summed E-state index contributed by atoms with van der Waals surface area (Å²) in [6.07, 6.45) is 2.93. The summed E-state index contributed by atoms with van der Waals surface area (Å²) in [6, 6.07) is 5.91. The molecule has 0 spiro atoms. The smallest absolute Gasteiger partial charge is 0.319 e.